The van der Waals surface area contributed by atoms with Crippen molar-refractivity contribution in [1.82, 2.24) is 0 Å². The van der Waals surface area contributed by atoms with Crippen molar-refractivity contribution in [3.05, 3.63) is 69.3 Å². The van der Waals surface area contributed by atoms with Crippen molar-refractivity contribution in [3.8, 4) is 0 Å². The van der Waals surface area contributed by atoms with Crippen molar-refractivity contribution >= 4 is 23.7 Å². The van der Waals surface area contributed by atoms with Crippen LogP contribution in [0.1, 0.15) is 64.5 Å². The minimum Gasteiger partial charge on any atom is -0.458 e. The molecule has 8 atom stereocenters. The number of rotatable bonds is 10. The van der Waals surface area contributed by atoms with E-state index >= 15 is 4.39 Å². The lowest BCUT2D eigenvalue weighted by atomic mass is 9.44. The topological polar surface area (TPSA) is 187 Å². The number of benzene rings is 1. The van der Waals surface area contributed by atoms with Crippen LogP contribution in [0.25, 0.3) is 0 Å². The van der Waals surface area contributed by atoms with Gasteiger partial charge >= 0.3 is 12.1 Å². The Labute approximate surface area is 287 Å². The molecule has 5 aliphatic rings. The Morgan fingerprint density at radius 1 is 1.02 bits per heavy atom. The summed E-state index contributed by atoms with van der Waals surface area (Å²) in [5, 5.41) is 21.1. The summed E-state index contributed by atoms with van der Waals surface area (Å²) in [4.78, 5) is 65.6. The number of esters is 1. The molecule has 1 saturated heterocycles. The average Bonchev–Trinajstić information content (AvgIpc) is 3.47. The fourth-order valence-corrected chi connectivity index (χ4v) is 9.26. The fourth-order valence-electron chi connectivity index (χ4n) is 9.26. The van der Waals surface area contributed by atoms with E-state index in [9.17, 15) is 34.4 Å². The maximum atomic E-state index is 17.6. The first kappa shape index (κ1) is 35.6. The van der Waals surface area contributed by atoms with Crippen LogP contribution in [0.4, 0.5) is 9.18 Å². The van der Waals surface area contributed by atoms with E-state index < -0.39 is 88.1 Å². The van der Waals surface area contributed by atoms with Crippen LogP contribution in [-0.2, 0) is 56.1 Å². The Kier molecular flexibility index (Phi) is 8.92. The second-order valence-electron chi connectivity index (χ2n) is 14.6. The third kappa shape index (κ3) is 5.68. The molecule has 0 aromatic heterocycles. The zero-order valence-electron chi connectivity index (χ0n) is 28.2. The van der Waals surface area contributed by atoms with Crippen molar-refractivity contribution in [1.29, 1.82) is 0 Å². The summed E-state index contributed by atoms with van der Waals surface area (Å²) < 4.78 is 45.3. The highest BCUT2D eigenvalue weighted by Crippen LogP contribution is 2.72. The van der Waals surface area contributed by atoms with E-state index in [0.29, 0.717) is 29.5 Å². The SMILES string of the molecule is CC1(C)O[C@@H]2C[C@H]3C4CCC5=CC(=O)C=C[C@]5(C)[C@@]4(F)[C@@H](O)C[C@]3(C)[C@]2(C(=O)COC(=O)OCC(=O)OCc2ccc(CO[N+](=O)[O-])cc2)O1. The molecule has 50 heavy (non-hydrogen) atoms. The van der Waals surface area contributed by atoms with Gasteiger partial charge in [0.05, 0.1) is 12.2 Å². The van der Waals surface area contributed by atoms with Gasteiger partial charge in [0.1, 0.15) is 13.2 Å². The Hall–Kier alpha value is -4.21. The number of alkyl halides is 1. The molecule has 1 heterocycles. The summed E-state index contributed by atoms with van der Waals surface area (Å²) in [5.74, 6) is -4.12. The zero-order valence-corrected chi connectivity index (χ0v) is 28.2. The molecular weight excluding hydrogens is 661 g/mol. The molecule has 15 heteroatoms. The summed E-state index contributed by atoms with van der Waals surface area (Å²) in [6.07, 6.45) is 1.61. The number of hydrogen-bond acceptors (Lipinski definition) is 13. The average molecular weight is 702 g/mol. The number of Topliss-reactive ketones (excluding diaryl/α,β-unsaturated/α-hetero) is 1. The number of aliphatic hydroxyl groups excluding tert-OH is 1. The highest BCUT2D eigenvalue weighted by atomic mass is 19.1. The molecular formula is C35H40FNO13. The van der Waals surface area contributed by atoms with Gasteiger partial charge in [-0.25, -0.2) is 14.0 Å². The molecule has 0 radical (unpaired) electrons. The Morgan fingerprint density at radius 2 is 1.68 bits per heavy atom. The van der Waals surface area contributed by atoms with E-state index in [1.165, 1.54) is 12.2 Å². The van der Waals surface area contributed by atoms with Gasteiger partial charge in [0.25, 0.3) is 5.09 Å². The highest BCUT2D eigenvalue weighted by Gasteiger charge is 2.80. The predicted octanol–water partition coefficient (Wildman–Crippen LogP) is 4.03. The van der Waals surface area contributed by atoms with Crippen molar-refractivity contribution in [2.24, 2.45) is 22.7 Å². The molecule has 270 valence electrons. The van der Waals surface area contributed by atoms with Gasteiger partial charge in [0.2, 0.25) is 5.78 Å². The predicted molar refractivity (Wildman–Crippen MR) is 167 cm³/mol. The largest absolute Gasteiger partial charge is 0.509 e. The molecule has 14 nitrogen and oxygen atoms in total. The van der Waals surface area contributed by atoms with Gasteiger partial charge in [-0.05, 0) is 75.7 Å². The van der Waals surface area contributed by atoms with Crippen LogP contribution in [0.15, 0.2) is 48.1 Å². The minimum atomic E-state index is -2.12. The zero-order chi connectivity index (χ0) is 36.3. The number of carbonyl (C=O) groups is 4. The Bertz CT molecular complexity index is 1660. The molecule has 4 fully saturated rings. The molecule has 1 aromatic carbocycles. The molecule has 4 aliphatic carbocycles. The molecule has 1 unspecified atom stereocenters. The number of fused-ring (bicyclic) bond motifs is 7. The van der Waals surface area contributed by atoms with Crippen LogP contribution in [0.2, 0.25) is 0 Å². The summed E-state index contributed by atoms with van der Waals surface area (Å²) in [6.45, 7) is 4.81. The number of aliphatic hydroxyl groups is 1. The van der Waals surface area contributed by atoms with Crippen LogP contribution in [-0.4, -0.2) is 76.4 Å². The first-order valence-electron chi connectivity index (χ1n) is 16.5. The normalized spacial score (nSPS) is 36.2. The third-order valence-corrected chi connectivity index (χ3v) is 11.4. The van der Waals surface area contributed by atoms with Gasteiger partial charge in [0, 0.05) is 16.7 Å². The molecule has 0 spiro atoms. The molecule has 0 bridgehead atoms. The molecule has 1 aromatic rings. The maximum Gasteiger partial charge on any atom is 0.509 e. The monoisotopic (exact) mass is 701 g/mol. The molecule has 3 saturated carbocycles. The van der Waals surface area contributed by atoms with E-state index in [4.69, 9.17) is 23.7 Å². The summed E-state index contributed by atoms with van der Waals surface area (Å²) in [7, 11) is 0. The highest BCUT2D eigenvalue weighted by molar-refractivity contribution is 6.01. The lowest BCUT2D eigenvalue weighted by Crippen LogP contribution is -2.70. The number of halogens is 1. The van der Waals surface area contributed by atoms with Gasteiger partial charge < -0.3 is 33.6 Å². The van der Waals surface area contributed by atoms with Crippen molar-refractivity contribution in [2.45, 2.75) is 95.9 Å². The number of hydrogen-bond donors (Lipinski definition) is 1. The third-order valence-electron chi connectivity index (χ3n) is 11.4. The summed E-state index contributed by atoms with van der Waals surface area (Å²) in [5.41, 5.74) is -4.41. The number of ether oxygens (including phenoxy) is 5. The first-order valence-corrected chi connectivity index (χ1v) is 16.5. The van der Waals surface area contributed by atoms with Gasteiger partial charge in [-0.15, -0.1) is 10.1 Å². The fraction of sp³-hybridized carbons (Fsp3) is 0.600. The first-order chi connectivity index (χ1) is 23.4. The number of allylic oxidation sites excluding steroid dienone is 4. The molecule has 1 N–H and O–H groups in total. The lowest BCUT2D eigenvalue weighted by Gasteiger charge is -2.62. The van der Waals surface area contributed by atoms with Crippen molar-refractivity contribution in [2.75, 3.05) is 13.2 Å². The van der Waals surface area contributed by atoms with Crippen LogP contribution in [0, 0.1) is 32.8 Å². The van der Waals surface area contributed by atoms with E-state index in [2.05, 4.69) is 4.84 Å². The molecule has 0 amide bonds. The summed E-state index contributed by atoms with van der Waals surface area (Å²) >= 11 is 0. The van der Waals surface area contributed by atoms with Crippen LogP contribution < -0.4 is 0 Å². The maximum absolute atomic E-state index is 17.6. The molecule has 6 rings (SSSR count). The lowest BCUT2D eigenvalue weighted by molar-refractivity contribution is -0.763. The number of ketones is 2. The second-order valence-corrected chi connectivity index (χ2v) is 14.6. The van der Waals surface area contributed by atoms with E-state index in [0.717, 1.165) is 0 Å². The second kappa shape index (κ2) is 12.5. The van der Waals surface area contributed by atoms with E-state index in [1.807, 2.05) is 0 Å². The van der Waals surface area contributed by atoms with E-state index in [1.54, 1.807) is 58.0 Å². The Balaban J connectivity index is 1.10. The van der Waals surface area contributed by atoms with Gasteiger partial charge in [0.15, 0.2) is 36.1 Å². The van der Waals surface area contributed by atoms with E-state index in [-0.39, 0.29) is 31.8 Å². The van der Waals surface area contributed by atoms with Crippen molar-refractivity contribution in [3.63, 3.8) is 0 Å². The van der Waals surface area contributed by atoms with Crippen LogP contribution in [0.3, 0.4) is 0 Å². The molecule has 1 aliphatic heterocycles. The smallest absolute Gasteiger partial charge is 0.458 e. The summed E-state index contributed by atoms with van der Waals surface area (Å²) in [6, 6.07) is 6.30. The van der Waals surface area contributed by atoms with Gasteiger partial charge in [-0.1, -0.05) is 42.8 Å². The number of carbonyl (C=O) groups excluding carboxylic acids is 4. The number of nitrogens with zero attached hydrogens (tertiary/aromatic N) is 1. The van der Waals surface area contributed by atoms with Crippen molar-refractivity contribution < 1.29 is 62.3 Å². The van der Waals surface area contributed by atoms with Gasteiger partial charge in [-0.3, -0.25) is 9.59 Å². The van der Waals surface area contributed by atoms with Crippen LogP contribution in [0.5, 0.6) is 0 Å². The van der Waals surface area contributed by atoms with Crippen LogP contribution >= 0.6 is 0 Å². The quantitative estimate of drug-likeness (QED) is 0.210. The Morgan fingerprint density at radius 3 is 2.36 bits per heavy atom. The minimum absolute atomic E-state index is 0.150. The van der Waals surface area contributed by atoms with Gasteiger partial charge in [-0.2, -0.15) is 0 Å². The standard InChI is InChI=1S/C35H40FNO13/c1-31(2)49-28-14-25-24-10-9-22-13-23(38)11-12-32(22,3)34(24,36)26(39)15-33(25,4)35(28,50-31)27(40)18-46-30(42)47-19-29(41)45-16-20-5-7-21(8-6-20)17-48-37(43)44/h5-8,11-13,24-26,28,39H,9-10,14-19H2,1-4H3/t24?,25-,26-,28+,32-,33-,34-,35+/m0/s1.